The van der Waals surface area contributed by atoms with Crippen molar-refractivity contribution in [1.29, 1.82) is 0 Å². The van der Waals surface area contributed by atoms with Gasteiger partial charge in [0.25, 0.3) is 0 Å². The molecule has 22 heavy (non-hydrogen) atoms. The number of alkyl halides is 6. The molecule has 2 aliphatic carbocycles. The summed E-state index contributed by atoms with van der Waals surface area (Å²) in [6, 6.07) is -1.17. The maximum Gasteiger partial charge on any atom is 0.392 e. The molecule has 2 saturated carbocycles. The van der Waals surface area contributed by atoms with E-state index in [9.17, 15) is 26.3 Å². The molecule has 0 aromatic rings. The van der Waals surface area contributed by atoms with Crippen LogP contribution in [0, 0.1) is 23.7 Å². The zero-order valence-electron chi connectivity index (χ0n) is 12.1. The molecule has 6 unspecified atom stereocenters. The van der Waals surface area contributed by atoms with Crippen molar-refractivity contribution in [2.45, 2.75) is 63.0 Å². The smallest absolute Gasteiger partial charge is 0.328 e. The highest BCUT2D eigenvalue weighted by molar-refractivity contribution is 4.96. The van der Waals surface area contributed by atoms with Crippen LogP contribution < -0.4 is 11.5 Å². The van der Waals surface area contributed by atoms with Crippen LogP contribution in [0.4, 0.5) is 26.3 Å². The predicted octanol–water partition coefficient (Wildman–Crippen LogP) is 3.60. The van der Waals surface area contributed by atoms with E-state index in [1.807, 2.05) is 0 Å². The van der Waals surface area contributed by atoms with Crippen molar-refractivity contribution < 1.29 is 26.3 Å². The molecule has 2 nitrogen and oxygen atoms in total. The summed E-state index contributed by atoms with van der Waals surface area (Å²) in [7, 11) is 0. The molecule has 0 amide bonds. The first kappa shape index (κ1) is 17.8. The zero-order valence-corrected chi connectivity index (χ0v) is 12.1. The second-order valence-electron chi connectivity index (χ2n) is 6.77. The Morgan fingerprint density at radius 2 is 0.909 bits per heavy atom. The molecule has 2 fully saturated rings. The molecule has 0 saturated heterocycles. The highest BCUT2D eigenvalue weighted by atomic mass is 19.4. The van der Waals surface area contributed by atoms with Gasteiger partial charge in [0.2, 0.25) is 0 Å². The van der Waals surface area contributed by atoms with E-state index in [0.29, 0.717) is 12.8 Å². The van der Waals surface area contributed by atoms with Crippen LogP contribution in [0.3, 0.4) is 0 Å². The minimum Gasteiger partial charge on any atom is -0.328 e. The number of hydrogen-bond donors (Lipinski definition) is 2. The Balaban J connectivity index is 2.25. The Bertz CT molecular complexity index is 345. The van der Waals surface area contributed by atoms with Crippen LogP contribution in [0.5, 0.6) is 0 Å². The van der Waals surface area contributed by atoms with Crippen molar-refractivity contribution >= 4 is 0 Å². The molecule has 0 aromatic heterocycles. The van der Waals surface area contributed by atoms with Gasteiger partial charge in [-0.1, -0.05) is 0 Å². The highest BCUT2D eigenvalue weighted by Crippen LogP contribution is 2.52. The Morgan fingerprint density at radius 1 is 0.591 bits per heavy atom. The number of nitrogens with two attached hydrogens (primary N) is 2. The van der Waals surface area contributed by atoms with Gasteiger partial charge in [-0.05, 0) is 50.4 Å². The van der Waals surface area contributed by atoms with E-state index in [4.69, 9.17) is 11.5 Å². The summed E-state index contributed by atoms with van der Waals surface area (Å²) in [5.74, 6) is -5.47. The summed E-state index contributed by atoms with van der Waals surface area (Å²) in [5, 5.41) is 0. The predicted molar refractivity (Wildman–Crippen MR) is 69.7 cm³/mol. The van der Waals surface area contributed by atoms with Crippen LogP contribution in [-0.4, -0.2) is 24.4 Å². The fraction of sp³-hybridized carbons (Fsp3) is 1.00. The third kappa shape index (κ3) is 3.88. The third-order valence-corrected chi connectivity index (χ3v) is 5.28. The lowest BCUT2D eigenvalue weighted by Gasteiger charge is -2.46. The third-order valence-electron chi connectivity index (χ3n) is 5.28. The molecule has 0 bridgehead atoms. The van der Waals surface area contributed by atoms with Gasteiger partial charge in [0, 0.05) is 12.1 Å². The normalized spacial score (nSPS) is 41.5. The first-order valence-corrected chi connectivity index (χ1v) is 7.64. The van der Waals surface area contributed by atoms with Crippen molar-refractivity contribution in [3.63, 3.8) is 0 Å². The molecule has 8 heteroatoms. The Kier molecular flexibility index (Phi) is 5.02. The van der Waals surface area contributed by atoms with Crippen molar-refractivity contribution in [1.82, 2.24) is 0 Å². The van der Waals surface area contributed by atoms with Gasteiger partial charge in [0.05, 0.1) is 11.8 Å². The minimum atomic E-state index is -4.50. The quantitative estimate of drug-likeness (QED) is 0.721. The fourth-order valence-electron chi connectivity index (χ4n) is 4.23. The number of rotatable bonds is 1. The molecule has 6 atom stereocenters. The molecule has 0 spiro atoms. The summed E-state index contributed by atoms with van der Waals surface area (Å²) in [4.78, 5) is 0. The molecule has 4 N–H and O–H groups in total. The maximum atomic E-state index is 13.3. The molecular formula is C14H22F6N2. The first-order chi connectivity index (χ1) is 10.00. The average molecular weight is 332 g/mol. The van der Waals surface area contributed by atoms with E-state index >= 15 is 0 Å². The summed E-state index contributed by atoms with van der Waals surface area (Å²) < 4.78 is 79.6. The summed E-state index contributed by atoms with van der Waals surface area (Å²) in [5.41, 5.74) is 11.2. The van der Waals surface area contributed by atoms with E-state index in [0.717, 1.165) is 0 Å². The van der Waals surface area contributed by atoms with Crippen molar-refractivity contribution in [2.24, 2.45) is 35.1 Å². The van der Waals surface area contributed by atoms with Crippen LogP contribution in [0.2, 0.25) is 0 Å². The van der Waals surface area contributed by atoms with Crippen LogP contribution in [0.1, 0.15) is 38.5 Å². The summed E-state index contributed by atoms with van der Waals surface area (Å²) >= 11 is 0. The molecule has 0 radical (unpaired) electrons. The van der Waals surface area contributed by atoms with Crippen molar-refractivity contribution in [3.8, 4) is 0 Å². The lowest BCUT2D eigenvalue weighted by Crippen LogP contribution is -2.49. The standard InChI is InChI=1S/C14H22F6N2/c15-13(16,17)11-5-7(21)1-3-9(11)10-4-2-8(22)6-12(10)14(18,19)20/h7-12H,1-6,21-22H2. The second kappa shape index (κ2) is 6.19. The average Bonchev–Trinajstić information content (AvgIpc) is 2.37. The first-order valence-electron chi connectivity index (χ1n) is 7.64. The van der Waals surface area contributed by atoms with Gasteiger partial charge >= 0.3 is 12.4 Å². The molecule has 0 aliphatic heterocycles. The number of hydrogen-bond acceptors (Lipinski definition) is 2. The van der Waals surface area contributed by atoms with E-state index in [-0.39, 0.29) is 25.7 Å². The van der Waals surface area contributed by atoms with Crippen LogP contribution in [0.25, 0.3) is 0 Å². The van der Waals surface area contributed by atoms with Crippen molar-refractivity contribution in [3.05, 3.63) is 0 Å². The Labute approximate surface area is 125 Å². The van der Waals surface area contributed by atoms with Gasteiger partial charge in [0.15, 0.2) is 0 Å². The van der Waals surface area contributed by atoms with Gasteiger partial charge in [-0.3, -0.25) is 0 Å². The van der Waals surface area contributed by atoms with E-state index in [1.165, 1.54) is 0 Å². The maximum absolute atomic E-state index is 13.3. The lowest BCUT2D eigenvalue weighted by molar-refractivity contribution is -0.234. The molecule has 0 aromatic carbocycles. The van der Waals surface area contributed by atoms with E-state index in [2.05, 4.69) is 0 Å². The molecular weight excluding hydrogens is 310 g/mol. The molecule has 2 aliphatic rings. The van der Waals surface area contributed by atoms with E-state index < -0.39 is 48.1 Å². The Morgan fingerprint density at radius 3 is 1.18 bits per heavy atom. The SMILES string of the molecule is NC1CCC(C2CCC(N)CC2C(F)(F)F)C(C(F)(F)F)C1. The van der Waals surface area contributed by atoms with E-state index in [1.54, 1.807) is 0 Å². The van der Waals surface area contributed by atoms with Crippen LogP contribution in [0.15, 0.2) is 0 Å². The summed E-state index contributed by atoms with van der Waals surface area (Å²) in [6.45, 7) is 0. The Hall–Kier alpha value is -0.500. The monoisotopic (exact) mass is 332 g/mol. The van der Waals surface area contributed by atoms with Gasteiger partial charge in [-0.2, -0.15) is 26.3 Å². The summed E-state index contributed by atoms with van der Waals surface area (Å²) in [6.07, 6.45) is -8.64. The molecule has 130 valence electrons. The van der Waals surface area contributed by atoms with Gasteiger partial charge in [0.1, 0.15) is 0 Å². The number of halogens is 6. The highest BCUT2D eigenvalue weighted by Gasteiger charge is 2.55. The van der Waals surface area contributed by atoms with Gasteiger partial charge < -0.3 is 11.5 Å². The second-order valence-corrected chi connectivity index (χ2v) is 6.77. The fourth-order valence-corrected chi connectivity index (χ4v) is 4.23. The van der Waals surface area contributed by atoms with Crippen LogP contribution >= 0.6 is 0 Å². The van der Waals surface area contributed by atoms with Gasteiger partial charge in [-0.15, -0.1) is 0 Å². The topological polar surface area (TPSA) is 52.0 Å². The largest absolute Gasteiger partial charge is 0.392 e. The zero-order chi connectivity index (χ0) is 16.7. The van der Waals surface area contributed by atoms with Crippen LogP contribution in [-0.2, 0) is 0 Å². The van der Waals surface area contributed by atoms with Crippen molar-refractivity contribution in [2.75, 3.05) is 0 Å². The molecule has 0 heterocycles. The lowest BCUT2D eigenvalue weighted by atomic mass is 9.62. The van der Waals surface area contributed by atoms with Gasteiger partial charge in [-0.25, -0.2) is 0 Å². The molecule has 2 rings (SSSR count). The minimum absolute atomic E-state index is 0.109.